The van der Waals surface area contributed by atoms with Crippen molar-refractivity contribution in [2.75, 3.05) is 19.6 Å². The molecule has 0 bridgehead atoms. The Bertz CT molecular complexity index is 293. The summed E-state index contributed by atoms with van der Waals surface area (Å²) in [6, 6.07) is 0. The molecule has 5 heteroatoms. The minimum atomic E-state index is -0.801. The minimum absolute atomic E-state index is 0.00851. The van der Waals surface area contributed by atoms with E-state index in [2.05, 4.69) is 5.32 Å². The van der Waals surface area contributed by atoms with Gasteiger partial charge < -0.3 is 10.4 Å². The van der Waals surface area contributed by atoms with Crippen molar-refractivity contribution in [2.45, 2.75) is 45.1 Å². The predicted octanol–water partition coefficient (Wildman–Crippen LogP) is 0.842. The molecule has 1 atom stereocenters. The summed E-state index contributed by atoms with van der Waals surface area (Å²) in [6.45, 7) is 5.54. The number of nitrogens with one attached hydrogen (secondary N) is 1. The Balaban J connectivity index is 2.54. The fourth-order valence-electron chi connectivity index (χ4n) is 2.30. The van der Waals surface area contributed by atoms with Gasteiger partial charge in [0.1, 0.15) is 5.54 Å². The molecule has 0 aromatic heterocycles. The summed E-state index contributed by atoms with van der Waals surface area (Å²) in [7, 11) is 0. The first-order chi connectivity index (χ1) is 8.00. The fraction of sp³-hybridized carbons (Fsp3) is 0.833. The van der Waals surface area contributed by atoms with Crippen molar-refractivity contribution in [1.29, 1.82) is 0 Å². The number of hydrogen-bond donors (Lipinski definition) is 2. The summed E-state index contributed by atoms with van der Waals surface area (Å²) < 4.78 is 0. The molecule has 1 aliphatic heterocycles. The van der Waals surface area contributed by atoms with E-state index >= 15 is 0 Å². The minimum Gasteiger partial charge on any atom is -0.480 e. The van der Waals surface area contributed by atoms with E-state index in [1.54, 1.807) is 6.92 Å². The number of carboxylic acids is 1. The third-order valence-electron chi connectivity index (χ3n) is 3.48. The third-order valence-corrected chi connectivity index (χ3v) is 3.48. The second-order valence-electron chi connectivity index (χ2n) is 4.73. The van der Waals surface area contributed by atoms with E-state index in [1.807, 2.05) is 11.8 Å². The van der Waals surface area contributed by atoms with Gasteiger partial charge in [0, 0.05) is 19.5 Å². The molecule has 1 heterocycles. The molecular formula is C12H22N2O3. The fourth-order valence-corrected chi connectivity index (χ4v) is 2.30. The van der Waals surface area contributed by atoms with Gasteiger partial charge in [0.2, 0.25) is 5.91 Å². The number of nitrogens with zero attached hydrogens (tertiary/aromatic N) is 1. The molecule has 1 aliphatic rings. The van der Waals surface area contributed by atoms with Gasteiger partial charge in [0.05, 0.1) is 0 Å². The van der Waals surface area contributed by atoms with Gasteiger partial charge >= 0.3 is 5.97 Å². The number of likely N-dealkylation sites (tertiary alicyclic amines) is 1. The summed E-state index contributed by atoms with van der Waals surface area (Å²) in [5.74, 6) is -0.793. The van der Waals surface area contributed by atoms with Crippen LogP contribution in [0.5, 0.6) is 0 Å². The van der Waals surface area contributed by atoms with Gasteiger partial charge in [-0.25, -0.2) is 0 Å². The van der Waals surface area contributed by atoms with Crippen molar-refractivity contribution in [3.63, 3.8) is 0 Å². The van der Waals surface area contributed by atoms with E-state index in [-0.39, 0.29) is 5.91 Å². The van der Waals surface area contributed by atoms with Crippen molar-refractivity contribution >= 4 is 11.9 Å². The summed E-state index contributed by atoms with van der Waals surface area (Å²) in [6.07, 6.45) is 2.99. The highest BCUT2D eigenvalue weighted by atomic mass is 16.4. The first kappa shape index (κ1) is 14.0. The highest BCUT2D eigenvalue weighted by Gasteiger charge is 2.40. The molecule has 0 aromatic carbocycles. The number of amides is 1. The predicted molar refractivity (Wildman–Crippen MR) is 64.8 cm³/mol. The Kier molecular flexibility index (Phi) is 4.93. The van der Waals surface area contributed by atoms with Crippen LogP contribution in [0.1, 0.15) is 39.5 Å². The Labute approximate surface area is 102 Å². The normalized spacial score (nSPS) is 25.5. The van der Waals surface area contributed by atoms with Crippen molar-refractivity contribution < 1.29 is 14.7 Å². The quantitative estimate of drug-likeness (QED) is 0.749. The zero-order chi connectivity index (χ0) is 12.9. The highest BCUT2D eigenvalue weighted by molar-refractivity contribution is 5.79. The van der Waals surface area contributed by atoms with Gasteiger partial charge in [-0.15, -0.1) is 0 Å². The van der Waals surface area contributed by atoms with Crippen LogP contribution in [0.2, 0.25) is 0 Å². The zero-order valence-corrected chi connectivity index (χ0v) is 10.7. The van der Waals surface area contributed by atoms with Gasteiger partial charge in [0.15, 0.2) is 0 Å². The number of piperidine rings is 1. The van der Waals surface area contributed by atoms with Crippen LogP contribution in [0, 0.1) is 0 Å². The van der Waals surface area contributed by atoms with E-state index in [4.69, 9.17) is 0 Å². The molecule has 1 fully saturated rings. The van der Waals surface area contributed by atoms with Crippen molar-refractivity contribution in [3.8, 4) is 0 Å². The van der Waals surface area contributed by atoms with Crippen LogP contribution in [0.15, 0.2) is 0 Å². The van der Waals surface area contributed by atoms with Crippen molar-refractivity contribution in [2.24, 2.45) is 0 Å². The lowest BCUT2D eigenvalue weighted by molar-refractivity contribution is -0.153. The summed E-state index contributed by atoms with van der Waals surface area (Å²) in [5, 5.41) is 12.0. The molecule has 1 unspecified atom stereocenters. The molecule has 0 radical (unpaired) electrons. The Morgan fingerprint density at radius 1 is 1.41 bits per heavy atom. The molecule has 1 saturated heterocycles. The molecular weight excluding hydrogens is 220 g/mol. The van der Waals surface area contributed by atoms with Crippen LogP contribution in [-0.2, 0) is 9.59 Å². The second kappa shape index (κ2) is 6.00. The molecule has 1 amide bonds. The lowest BCUT2D eigenvalue weighted by Crippen LogP contribution is -2.55. The van der Waals surface area contributed by atoms with Gasteiger partial charge in [-0.2, -0.15) is 0 Å². The average molecular weight is 242 g/mol. The van der Waals surface area contributed by atoms with Crippen LogP contribution < -0.4 is 5.32 Å². The molecule has 5 nitrogen and oxygen atoms in total. The SMILES string of the molecule is CCNC(=O)CCN1CCCCC1(C)C(=O)O. The van der Waals surface area contributed by atoms with E-state index in [1.165, 1.54) is 0 Å². The summed E-state index contributed by atoms with van der Waals surface area (Å²) in [5.41, 5.74) is -0.801. The summed E-state index contributed by atoms with van der Waals surface area (Å²) in [4.78, 5) is 24.6. The number of carbonyl (C=O) groups is 2. The standard InChI is InChI=1S/C12H22N2O3/c1-3-13-10(15)6-9-14-8-5-4-7-12(14,2)11(16)17/h3-9H2,1-2H3,(H,13,15)(H,16,17). The van der Waals surface area contributed by atoms with E-state index in [0.29, 0.717) is 25.9 Å². The van der Waals surface area contributed by atoms with Crippen LogP contribution in [0.25, 0.3) is 0 Å². The van der Waals surface area contributed by atoms with E-state index in [0.717, 1.165) is 19.4 Å². The van der Waals surface area contributed by atoms with E-state index < -0.39 is 11.5 Å². The van der Waals surface area contributed by atoms with Crippen LogP contribution >= 0.6 is 0 Å². The van der Waals surface area contributed by atoms with Gasteiger partial charge in [-0.1, -0.05) is 0 Å². The van der Waals surface area contributed by atoms with Crippen LogP contribution in [0.4, 0.5) is 0 Å². The molecule has 0 saturated carbocycles. The molecule has 0 aliphatic carbocycles. The number of carboxylic acid groups (broad SMARTS) is 1. The Morgan fingerprint density at radius 2 is 2.12 bits per heavy atom. The molecule has 0 spiro atoms. The van der Waals surface area contributed by atoms with Gasteiger partial charge in [-0.3, -0.25) is 14.5 Å². The Morgan fingerprint density at radius 3 is 2.71 bits per heavy atom. The maximum atomic E-state index is 11.4. The monoisotopic (exact) mass is 242 g/mol. The first-order valence-corrected chi connectivity index (χ1v) is 6.26. The zero-order valence-electron chi connectivity index (χ0n) is 10.7. The first-order valence-electron chi connectivity index (χ1n) is 6.26. The molecule has 98 valence electrons. The summed E-state index contributed by atoms with van der Waals surface area (Å²) >= 11 is 0. The third kappa shape index (κ3) is 3.43. The highest BCUT2D eigenvalue weighted by Crippen LogP contribution is 2.28. The second-order valence-corrected chi connectivity index (χ2v) is 4.73. The topological polar surface area (TPSA) is 69.6 Å². The van der Waals surface area contributed by atoms with Crippen molar-refractivity contribution in [1.82, 2.24) is 10.2 Å². The largest absolute Gasteiger partial charge is 0.480 e. The average Bonchev–Trinajstić information content (AvgIpc) is 2.28. The van der Waals surface area contributed by atoms with Crippen LogP contribution in [0.3, 0.4) is 0 Å². The lowest BCUT2D eigenvalue weighted by atomic mass is 9.88. The number of hydrogen-bond acceptors (Lipinski definition) is 3. The maximum absolute atomic E-state index is 11.4. The Hall–Kier alpha value is -1.10. The number of carbonyl (C=O) groups excluding carboxylic acids is 1. The van der Waals surface area contributed by atoms with Gasteiger partial charge in [-0.05, 0) is 39.7 Å². The lowest BCUT2D eigenvalue weighted by Gasteiger charge is -2.41. The molecule has 2 N–H and O–H groups in total. The molecule has 17 heavy (non-hydrogen) atoms. The van der Waals surface area contributed by atoms with Crippen LogP contribution in [-0.4, -0.2) is 47.1 Å². The smallest absolute Gasteiger partial charge is 0.323 e. The number of aliphatic carboxylic acids is 1. The maximum Gasteiger partial charge on any atom is 0.323 e. The van der Waals surface area contributed by atoms with Crippen molar-refractivity contribution in [3.05, 3.63) is 0 Å². The molecule has 1 rings (SSSR count). The van der Waals surface area contributed by atoms with Gasteiger partial charge in [0.25, 0.3) is 0 Å². The van der Waals surface area contributed by atoms with E-state index in [9.17, 15) is 14.7 Å². The number of rotatable bonds is 5. The molecule has 0 aromatic rings.